The SMILES string of the molecule is CCCCOc1ccc(C)cc1SC. The van der Waals surface area contributed by atoms with Crippen molar-refractivity contribution in [2.75, 3.05) is 12.9 Å². The van der Waals surface area contributed by atoms with E-state index in [-0.39, 0.29) is 0 Å². The standard InChI is InChI=1S/C12H18OS/c1-4-5-8-13-11-7-6-10(2)9-12(11)14-3/h6-7,9H,4-5,8H2,1-3H3. The minimum absolute atomic E-state index is 0.827. The first-order valence-electron chi connectivity index (χ1n) is 5.05. The van der Waals surface area contributed by atoms with Crippen molar-refractivity contribution in [2.45, 2.75) is 31.6 Å². The molecule has 1 aromatic rings. The maximum Gasteiger partial charge on any atom is 0.132 e. The van der Waals surface area contributed by atoms with Crippen LogP contribution in [-0.2, 0) is 0 Å². The summed E-state index contributed by atoms with van der Waals surface area (Å²) >= 11 is 1.74. The molecule has 0 N–H and O–H groups in total. The fourth-order valence-electron chi connectivity index (χ4n) is 1.22. The molecule has 0 radical (unpaired) electrons. The van der Waals surface area contributed by atoms with E-state index >= 15 is 0 Å². The Morgan fingerprint density at radius 3 is 2.79 bits per heavy atom. The van der Waals surface area contributed by atoms with E-state index < -0.39 is 0 Å². The number of unbranched alkanes of at least 4 members (excludes halogenated alkanes) is 1. The molecule has 0 aromatic heterocycles. The van der Waals surface area contributed by atoms with Crippen molar-refractivity contribution in [3.63, 3.8) is 0 Å². The van der Waals surface area contributed by atoms with Crippen molar-refractivity contribution in [3.05, 3.63) is 23.8 Å². The molecule has 0 aliphatic rings. The fraction of sp³-hybridized carbons (Fsp3) is 0.500. The molecule has 0 amide bonds. The third-order valence-electron chi connectivity index (χ3n) is 2.07. The lowest BCUT2D eigenvalue weighted by Crippen LogP contribution is -1.97. The van der Waals surface area contributed by atoms with E-state index in [1.165, 1.54) is 16.9 Å². The maximum absolute atomic E-state index is 5.70. The van der Waals surface area contributed by atoms with Gasteiger partial charge < -0.3 is 4.74 Å². The first-order valence-corrected chi connectivity index (χ1v) is 6.28. The molecule has 1 aromatic carbocycles. The molecule has 0 bridgehead atoms. The Kier molecular flexibility index (Phi) is 4.88. The molecule has 78 valence electrons. The molecule has 0 atom stereocenters. The predicted octanol–water partition coefficient (Wildman–Crippen LogP) is 3.90. The van der Waals surface area contributed by atoms with Gasteiger partial charge in [-0.25, -0.2) is 0 Å². The Balaban J connectivity index is 2.65. The van der Waals surface area contributed by atoms with Crippen LogP contribution in [0.2, 0.25) is 0 Å². The van der Waals surface area contributed by atoms with E-state index in [0.717, 1.165) is 18.8 Å². The van der Waals surface area contributed by atoms with Crippen molar-refractivity contribution in [3.8, 4) is 5.75 Å². The highest BCUT2D eigenvalue weighted by atomic mass is 32.2. The van der Waals surface area contributed by atoms with E-state index in [1.807, 2.05) is 0 Å². The van der Waals surface area contributed by atoms with Gasteiger partial charge >= 0.3 is 0 Å². The predicted molar refractivity (Wildman–Crippen MR) is 63.4 cm³/mol. The minimum Gasteiger partial charge on any atom is -0.492 e. The summed E-state index contributed by atoms with van der Waals surface area (Å²) in [5.74, 6) is 1.02. The van der Waals surface area contributed by atoms with Crippen LogP contribution in [0.3, 0.4) is 0 Å². The van der Waals surface area contributed by atoms with Gasteiger partial charge in [-0.2, -0.15) is 0 Å². The third kappa shape index (κ3) is 3.26. The average Bonchev–Trinajstić information content (AvgIpc) is 2.20. The van der Waals surface area contributed by atoms with E-state index in [9.17, 15) is 0 Å². The molecule has 0 aliphatic carbocycles. The van der Waals surface area contributed by atoms with Crippen LogP contribution in [0, 0.1) is 6.92 Å². The number of hydrogen-bond donors (Lipinski definition) is 0. The molecule has 14 heavy (non-hydrogen) atoms. The number of ether oxygens (including phenoxy) is 1. The topological polar surface area (TPSA) is 9.23 Å². The van der Waals surface area contributed by atoms with E-state index in [2.05, 4.69) is 38.3 Å². The van der Waals surface area contributed by atoms with Gasteiger partial charge in [-0.1, -0.05) is 19.4 Å². The van der Waals surface area contributed by atoms with Gasteiger partial charge in [0, 0.05) is 4.90 Å². The van der Waals surface area contributed by atoms with Crippen LogP contribution in [0.5, 0.6) is 5.75 Å². The summed E-state index contributed by atoms with van der Waals surface area (Å²) in [5.41, 5.74) is 1.29. The van der Waals surface area contributed by atoms with Crippen molar-refractivity contribution < 1.29 is 4.74 Å². The highest BCUT2D eigenvalue weighted by Gasteiger charge is 2.01. The van der Waals surface area contributed by atoms with Crippen LogP contribution in [-0.4, -0.2) is 12.9 Å². The van der Waals surface area contributed by atoms with Crippen LogP contribution >= 0.6 is 11.8 Å². The van der Waals surface area contributed by atoms with Gasteiger partial charge in [-0.05, 0) is 37.3 Å². The zero-order chi connectivity index (χ0) is 10.4. The van der Waals surface area contributed by atoms with Gasteiger partial charge in [0.2, 0.25) is 0 Å². The molecule has 0 fully saturated rings. The minimum atomic E-state index is 0.827. The lowest BCUT2D eigenvalue weighted by Gasteiger charge is -2.09. The summed E-state index contributed by atoms with van der Waals surface area (Å²) in [6, 6.07) is 6.34. The van der Waals surface area contributed by atoms with Crippen molar-refractivity contribution in [1.82, 2.24) is 0 Å². The molecule has 2 heteroatoms. The van der Waals surface area contributed by atoms with Crippen LogP contribution in [0.15, 0.2) is 23.1 Å². The van der Waals surface area contributed by atoms with Gasteiger partial charge in [0.15, 0.2) is 0 Å². The highest BCUT2D eigenvalue weighted by molar-refractivity contribution is 7.98. The van der Waals surface area contributed by atoms with Crippen LogP contribution in [0.4, 0.5) is 0 Å². The zero-order valence-corrected chi connectivity index (χ0v) is 9.99. The van der Waals surface area contributed by atoms with Gasteiger partial charge in [0.05, 0.1) is 6.61 Å². The Morgan fingerprint density at radius 2 is 2.14 bits per heavy atom. The lowest BCUT2D eigenvalue weighted by molar-refractivity contribution is 0.302. The summed E-state index contributed by atoms with van der Waals surface area (Å²) in [5, 5.41) is 0. The number of thioether (sulfide) groups is 1. The summed E-state index contributed by atoms with van der Waals surface area (Å²) in [6.45, 7) is 5.11. The average molecular weight is 210 g/mol. The van der Waals surface area contributed by atoms with Crippen LogP contribution in [0.25, 0.3) is 0 Å². The second-order valence-corrected chi connectivity index (χ2v) is 4.20. The second-order valence-electron chi connectivity index (χ2n) is 3.36. The van der Waals surface area contributed by atoms with Crippen LogP contribution < -0.4 is 4.74 Å². The normalized spacial score (nSPS) is 10.2. The largest absolute Gasteiger partial charge is 0.492 e. The Morgan fingerprint density at radius 1 is 1.36 bits per heavy atom. The summed E-state index contributed by atoms with van der Waals surface area (Å²) < 4.78 is 5.70. The fourth-order valence-corrected chi connectivity index (χ4v) is 1.85. The second kappa shape index (κ2) is 5.97. The zero-order valence-electron chi connectivity index (χ0n) is 9.17. The monoisotopic (exact) mass is 210 g/mol. The molecule has 1 rings (SSSR count). The van der Waals surface area contributed by atoms with E-state index in [1.54, 1.807) is 11.8 Å². The van der Waals surface area contributed by atoms with E-state index in [0.29, 0.717) is 0 Å². The molecule has 0 spiro atoms. The molecule has 1 nitrogen and oxygen atoms in total. The number of rotatable bonds is 5. The number of aryl methyl sites for hydroxylation is 1. The molecule has 0 saturated heterocycles. The lowest BCUT2D eigenvalue weighted by atomic mass is 10.2. The first-order chi connectivity index (χ1) is 6.77. The van der Waals surface area contributed by atoms with Crippen molar-refractivity contribution in [1.29, 1.82) is 0 Å². The quantitative estimate of drug-likeness (QED) is 0.538. The van der Waals surface area contributed by atoms with Gasteiger partial charge in [0.25, 0.3) is 0 Å². The first kappa shape index (κ1) is 11.4. The number of hydrogen-bond acceptors (Lipinski definition) is 2. The van der Waals surface area contributed by atoms with Gasteiger partial charge in [-0.3, -0.25) is 0 Å². The highest BCUT2D eigenvalue weighted by Crippen LogP contribution is 2.28. The smallest absolute Gasteiger partial charge is 0.132 e. The Bertz CT molecular complexity index is 284. The Labute approximate surface area is 90.9 Å². The maximum atomic E-state index is 5.70. The number of benzene rings is 1. The summed E-state index contributed by atoms with van der Waals surface area (Å²) in [7, 11) is 0. The van der Waals surface area contributed by atoms with Crippen molar-refractivity contribution >= 4 is 11.8 Å². The van der Waals surface area contributed by atoms with Crippen LogP contribution in [0.1, 0.15) is 25.3 Å². The molecule has 0 unspecified atom stereocenters. The van der Waals surface area contributed by atoms with Crippen molar-refractivity contribution in [2.24, 2.45) is 0 Å². The molecular weight excluding hydrogens is 192 g/mol. The Hall–Kier alpha value is -0.630. The molecule has 0 saturated carbocycles. The molecule has 0 aliphatic heterocycles. The third-order valence-corrected chi connectivity index (χ3v) is 2.83. The van der Waals surface area contributed by atoms with E-state index in [4.69, 9.17) is 4.74 Å². The molecular formula is C12H18OS. The van der Waals surface area contributed by atoms with Gasteiger partial charge in [-0.15, -0.1) is 11.8 Å². The summed E-state index contributed by atoms with van der Waals surface area (Å²) in [4.78, 5) is 1.24. The van der Waals surface area contributed by atoms with Gasteiger partial charge in [0.1, 0.15) is 5.75 Å². The molecule has 0 heterocycles. The summed E-state index contributed by atoms with van der Waals surface area (Å²) in [6.07, 6.45) is 4.39.